The molecule has 0 saturated heterocycles. The average molecular weight is 270 g/mol. The van der Waals surface area contributed by atoms with Gasteiger partial charge in [0.05, 0.1) is 6.54 Å². The van der Waals surface area contributed by atoms with Gasteiger partial charge in [0.1, 0.15) is 0 Å². The predicted molar refractivity (Wildman–Crippen MR) is 78.2 cm³/mol. The fourth-order valence-electron chi connectivity index (χ4n) is 2.45. The second-order valence-corrected chi connectivity index (χ2v) is 5.40. The fourth-order valence-corrected chi connectivity index (χ4v) is 2.45. The lowest BCUT2D eigenvalue weighted by Gasteiger charge is -2.16. The molecule has 0 aromatic rings. The molecule has 0 unspecified atom stereocenters. The molecule has 1 aliphatic carbocycles. The predicted octanol–water partition coefficient (Wildman–Crippen LogP) is 2.23. The minimum absolute atomic E-state index is 0.140. The van der Waals surface area contributed by atoms with Gasteiger partial charge in [0, 0.05) is 19.3 Å². The van der Waals surface area contributed by atoms with Gasteiger partial charge in [-0.05, 0) is 32.2 Å². The second-order valence-electron chi connectivity index (χ2n) is 5.40. The van der Waals surface area contributed by atoms with Gasteiger partial charge >= 0.3 is 0 Å². The van der Waals surface area contributed by atoms with Crippen LogP contribution >= 0.6 is 0 Å². The number of nitrogens with one attached hydrogen (secondary N) is 2. The SMILES string of the molecule is CCCOCCCNCC(=O)NC1CCCCCC1. The number of hydrogen-bond donors (Lipinski definition) is 2. The molecule has 0 bridgehead atoms. The molecule has 4 nitrogen and oxygen atoms in total. The third-order valence-electron chi connectivity index (χ3n) is 3.50. The van der Waals surface area contributed by atoms with Crippen LogP contribution in [0.4, 0.5) is 0 Å². The third-order valence-corrected chi connectivity index (χ3v) is 3.50. The molecule has 0 radical (unpaired) electrons. The molecule has 0 spiro atoms. The third kappa shape index (κ3) is 9.00. The van der Waals surface area contributed by atoms with Crippen molar-refractivity contribution in [2.24, 2.45) is 0 Å². The number of amides is 1. The van der Waals surface area contributed by atoms with Gasteiger partial charge in [-0.1, -0.05) is 32.6 Å². The van der Waals surface area contributed by atoms with Crippen molar-refractivity contribution in [3.8, 4) is 0 Å². The van der Waals surface area contributed by atoms with E-state index in [0.717, 1.165) is 45.4 Å². The lowest BCUT2D eigenvalue weighted by molar-refractivity contribution is -0.121. The van der Waals surface area contributed by atoms with E-state index in [2.05, 4.69) is 17.6 Å². The van der Waals surface area contributed by atoms with Gasteiger partial charge in [0.25, 0.3) is 0 Å². The minimum atomic E-state index is 0.140. The van der Waals surface area contributed by atoms with E-state index in [4.69, 9.17) is 4.74 Å². The van der Waals surface area contributed by atoms with Crippen LogP contribution in [0.2, 0.25) is 0 Å². The monoisotopic (exact) mass is 270 g/mol. The highest BCUT2D eigenvalue weighted by Gasteiger charge is 2.13. The number of hydrogen-bond acceptors (Lipinski definition) is 3. The van der Waals surface area contributed by atoms with Gasteiger partial charge in [-0.2, -0.15) is 0 Å². The molecule has 1 fully saturated rings. The van der Waals surface area contributed by atoms with Crippen molar-refractivity contribution in [2.75, 3.05) is 26.3 Å². The highest BCUT2D eigenvalue weighted by molar-refractivity contribution is 5.78. The first-order valence-corrected chi connectivity index (χ1v) is 7.90. The van der Waals surface area contributed by atoms with E-state index >= 15 is 0 Å². The van der Waals surface area contributed by atoms with Crippen LogP contribution < -0.4 is 10.6 Å². The van der Waals surface area contributed by atoms with Crippen molar-refractivity contribution in [1.29, 1.82) is 0 Å². The molecule has 2 N–H and O–H groups in total. The summed E-state index contributed by atoms with van der Waals surface area (Å²) in [5, 5.41) is 6.31. The molecular weight excluding hydrogens is 240 g/mol. The van der Waals surface area contributed by atoms with Gasteiger partial charge in [-0.15, -0.1) is 0 Å². The summed E-state index contributed by atoms with van der Waals surface area (Å²) in [6.07, 6.45) is 9.49. The zero-order valence-corrected chi connectivity index (χ0v) is 12.4. The molecule has 0 aromatic carbocycles. The Bertz CT molecular complexity index is 226. The van der Waals surface area contributed by atoms with Crippen molar-refractivity contribution in [3.63, 3.8) is 0 Å². The van der Waals surface area contributed by atoms with Crippen molar-refractivity contribution in [2.45, 2.75) is 64.3 Å². The van der Waals surface area contributed by atoms with E-state index in [1.54, 1.807) is 0 Å². The van der Waals surface area contributed by atoms with E-state index in [-0.39, 0.29) is 5.91 Å². The van der Waals surface area contributed by atoms with E-state index < -0.39 is 0 Å². The van der Waals surface area contributed by atoms with Crippen LogP contribution in [-0.4, -0.2) is 38.3 Å². The molecule has 112 valence electrons. The molecule has 1 amide bonds. The van der Waals surface area contributed by atoms with Gasteiger partial charge in [-0.3, -0.25) is 4.79 Å². The van der Waals surface area contributed by atoms with Crippen molar-refractivity contribution in [3.05, 3.63) is 0 Å². The summed E-state index contributed by atoms with van der Waals surface area (Å²) in [7, 11) is 0. The molecule has 0 atom stereocenters. The molecule has 0 aliphatic heterocycles. The zero-order chi connectivity index (χ0) is 13.8. The Morgan fingerprint density at radius 2 is 1.89 bits per heavy atom. The smallest absolute Gasteiger partial charge is 0.234 e. The lowest BCUT2D eigenvalue weighted by atomic mass is 10.1. The first-order chi connectivity index (χ1) is 9.33. The molecule has 1 aliphatic rings. The number of ether oxygens (including phenoxy) is 1. The summed E-state index contributed by atoms with van der Waals surface area (Å²) in [5.41, 5.74) is 0. The topological polar surface area (TPSA) is 50.4 Å². The van der Waals surface area contributed by atoms with Crippen LogP contribution in [0.3, 0.4) is 0 Å². The van der Waals surface area contributed by atoms with Crippen molar-refractivity contribution >= 4 is 5.91 Å². The summed E-state index contributed by atoms with van der Waals surface area (Å²) in [4.78, 5) is 11.8. The Morgan fingerprint density at radius 3 is 2.58 bits per heavy atom. The Labute approximate surface area is 117 Å². The van der Waals surface area contributed by atoms with E-state index in [0.29, 0.717) is 12.6 Å². The quantitative estimate of drug-likeness (QED) is 0.499. The summed E-state index contributed by atoms with van der Waals surface area (Å²) >= 11 is 0. The van der Waals surface area contributed by atoms with E-state index in [1.165, 1.54) is 25.7 Å². The van der Waals surface area contributed by atoms with Crippen LogP contribution in [0.25, 0.3) is 0 Å². The molecule has 1 rings (SSSR count). The first kappa shape index (κ1) is 16.4. The van der Waals surface area contributed by atoms with Crippen molar-refractivity contribution in [1.82, 2.24) is 10.6 Å². The first-order valence-electron chi connectivity index (χ1n) is 7.90. The van der Waals surface area contributed by atoms with Crippen LogP contribution in [0.5, 0.6) is 0 Å². The van der Waals surface area contributed by atoms with E-state index in [9.17, 15) is 4.79 Å². The number of carbonyl (C=O) groups is 1. The summed E-state index contributed by atoms with van der Waals surface area (Å²) in [6, 6.07) is 0.407. The number of rotatable bonds is 9. The summed E-state index contributed by atoms with van der Waals surface area (Å²) in [5.74, 6) is 0.140. The average Bonchev–Trinajstić information content (AvgIpc) is 2.66. The van der Waals surface area contributed by atoms with Gasteiger partial charge < -0.3 is 15.4 Å². The van der Waals surface area contributed by atoms with E-state index in [1.807, 2.05) is 0 Å². The van der Waals surface area contributed by atoms with Crippen molar-refractivity contribution < 1.29 is 9.53 Å². The van der Waals surface area contributed by atoms with Gasteiger partial charge in [0.2, 0.25) is 5.91 Å². The largest absolute Gasteiger partial charge is 0.381 e. The maximum Gasteiger partial charge on any atom is 0.234 e. The normalized spacial score (nSPS) is 17.1. The molecule has 1 saturated carbocycles. The second kappa shape index (κ2) is 11.2. The molecule has 0 aromatic heterocycles. The molecule has 4 heteroatoms. The highest BCUT2D eigenvalue weighted by atomic mass is 16.5. The van der Waals surface area contributed by atoms with Gasteiger partial charge in [-0.25, -0.2) is 0 Å². The highest BCUT2D eigenvalue weighted by Crippen LogP contribution is 2.16. The lowest BCUT2D eigenvalue weighted by Crippen LogP contribution is -2.40. The molecule has 19 heavy (non-hydrogen) atoms. The molecule has 0 heterocycles. The Balaban J connectivity index is 1.95. The van der Waals surface area contributed by atoms with Crippen LogP contribution in [-0.2, 0) is 9.53 Å². The summed E-state index contributed by atoms with van der Waals surface area (Å²) < 4.78 is 5.38. The zero-order valence-electron chi connectivity index (χ0n) is 12.4. The van der Waals surface area contributed by atoms with Crippen LogP contribution in [0, 0.1) is 0 Å². The fraction of sp³-hybridized carbons (Fsp3) is 0.933. The maximum atomic E-state index is 11.8. The minimum Gasteiger partial charge on any atom is -0.381 e. The van der Waals surface area contributed by atoms with Crippen LogP contribution in [0.15, 0.2) is 0 Å². The van der Waals surface area contributed by atoms with Gasteiger partial charge in [0.15, 0.2) is 0 Å². The van der Waals surface area contributed by atoms with Crippen LogP contribution in [0.1, 0.15) is 58.3 Å². The standard InChI is InChI=1S/C15H30N2O2/c1-2-11-19-12-7-10-16-13-15(18)17-14-8-5-3-4-6-9-14/h14,16H,2-13H2,1H3,(H,17,18). The number of carbonyl (C=O) groups excluding carboxylic acids is 1. The Morgan fingerprint density at radius 1 is 1.16 bits per heavy atom. The Kier molecular flexibility index (Phi) is 9.72. The summed E-state index contributed by atoms with van der Waals surface area (Å²) in [6.45, 7) is 5.01. The maximum absolute atomic E-state index is 11.8. The Hall–Kier alpha value is -0.610. The molecular formula is C15H30N2O2.